The van der Waals surface area contributed by atoms with Crippen LogP contribution in [0.5, 0.6) is 5.75 Å². The first-order valence-corrected chi connectivity index (χ1v) is 8.69. The van der Waals surface area contributed by atoms with Crippen molar-refractivity contribution in [1.29, 1.82) is 0 Å². The van der Waals surface area contributed by atoms with E-state index in [9.17, 15) is 4.79 Å². The molecule has 26 heavy (non-hydrogen) atoms. The van der Waals surface area contributed by atoms with Crippen molar-refractivity contribution in [3.05, 3.63) is 66.2 Å². The van der Waals surface area contributed by atoms with Gasteiger partial charge in [-0.1, -0.05) is 18.2 Å². The van der Waals surface area contributed by atoms with Gasteiger partial charge >= 0.3 is 0 Å². The summed E-state index contributed by atoms with van der Waals surface area (Å²) >= 11 is 0. The highest BCUT2D eigenvalue weighted by Crippen LogP contribution is 2.29. The van der Waals surface area contributed by atoms with Gasteiger partial charge in [0.2, 0.25) is 5.91 Å². The molecule has 4 rings (SSSR count). The molecular formula is C21H20N2O3. The monoisotopic (exact) mass is 348 g/mol. The second-order valence-corrected chi connectivity index (χ2v) is 6.64. The van der Waals surface area contributed by atoms with E-state index in [1.165, 1.54) is 12.0 Å². The van der Waals surface area contributed by atoms with Crippen LogP contribution in [-0.4, -0.2) is 17.5 Å². The Morgan fingerprint density at radius 2 is 2.15 bits per heavy atom. The van der Waals surface area contributed by atoms with Crippen LogP contribution >= 0.6 is 0 Å². The average molecular weight is 348 g/mol. The zero-order chi connectivity index (χ0) is 17.9. The maximum absolute atomic E-state index is 12.5. The fourth-order valence-corrected chi connectivity index (χ4v) is 3.30. The molecular weight excluding hydrogens is 328 g/mol. The van der Waals surface area contributed by atoms with Gasteiger partial charge in [-0.05, 0) is 48.7 Å². The smallest absolute Gasteiger partial charge is 0.224 e. The summed E-state index contributed by atoms with van der Waals surface area (Å²) in [6.45, 7) is 2.54. The van der Waals surface area contributed by atoms with E-state index >= 15 is 0 Å². The summed E-state index contributed by atoms with van der Waals surface area (Å²) in [5.41, 5.74) is 3.91. The third kappa shape index (κ3) is 3.47. The molecule has 0 saturated carbocycles. The number of nitrogens with one attached hydrogen (secondary N) is 1. The highest BCUT2D eigenvalue weighted by atomic mass is 16.5. The van der Waals surface area contributed by atoms with Crippen LogP contribution in [0.2, 0.25) is 0 Å². The predicted molar refractivity (Wildman–Crippen MR) is 99.1 cm³/mol. The maximum atomic E-state index is 12.5. The number of hydrogen-bond acceptors (Lipinski definition) is 4. The Labute approximate surface area is 152 Å². The Morgan fingerprint density at radius 1 is 1.27 bits per heavy atom. The van der Waals surface area contributed by atoms with E-state index in [1.54, 1.807) is 6.20 Å². The van der Waals surface area contributed by atoms with E-state index in [-0.39, 0.29) is 11.8 Å². The molecule has 0 spiro atoms. The third-order valence-corrected chi connectivity index (χ3v) is 4.65. The molecule has 2 heterocycles. The molecule has 5 heteroatoms. The maximum Gasteiger partial charge on any atom is 0.224 e. The van der Waals surface area contributed by atoms with Gasteiger partial charge in [-0.3, -0.25) is 4.79 Å². The molecule has 1 aromatic heterocycles. The zero-order valence-electron chi connectivity index (χ0n) is 14.6. The number of oxazole rings is 1. The molecule has 0 bridgehead atoms. The number of carbonyl (C=O) groups is 1. The Kier molecular flexibility index (Phi) is 4.44. The fraction of sp³-hybridized carbons (Fsp3) is 0.238. The molecule has 132 valence electrons. The number of nitrogens with zero attached hydrogens (tertiary/aromatic N) is 1. The number of carbonyl (C=O) groups excluding carboxylic acids is 1. The van der Waals surface area contributed by atoms with Crippen LogP contribution in [0.4, 0.5) is 5.69 Å². The van der Waals surface area contributed by atoms with Crippen LogP contribution < -0.4 is 10.1 Å². The van der Waals surface area contributed by atoms with Crippen molar-refractivity contribution >= 4 is 11.6 Å². The van der Waals surface area contributed by atoms with Gasteiger partial charge in [0.25, 0.3) is 0 Å². The standard InChI is InChI=1S/C21H20N2O3/c1-14-8-17(20-11-22-13-26-20)6-7-18(14)23-21(24)10-15-9-16-4-2-3-5-19(16)25-12-15/h2-8,11,13,15H,9-10,12H2,1H3,(H,23,24). The normalized spacial score (nSPS) is 15.8. The summed E-state index contributed by atoms with van der Waals surface area (Å²) in [5, 5.41) is 3.01. The average Bonchev–Trinajstić information content (AvgIpc) is 3.18. The zero-order valence-corrected chi connectivity index (χ0v) is 14.6. The van der Waals surface area contributed by atoms with Crippen LogP contribution in [-0.2, 0) is 11.2 Å². The molecule has 0 fully saturated rings. The predicted octanol–water partition coefficient (Wildman–Crippen LogP) is 4.23. The summed E-state index contributed by atoms with van der Waals surface area (Å²) in [5.74, 6) is 1.85. The van der Waals surface area contributed by atoms with Crippen molar-refractivity contribution in [2.45, 2.75) is 19.8 Å². The van der Waals surface area contributed by atoms with Crippen LogP contribution in [0.3, 0.4) is 0 Å². The second-order valence-electron chi connectivity index (χ2n) is 6.64. The minimum Gasteiger partial charge on any atom is -0.493 e. The van der Waals surface area contributed by atoms with E-state index in [1.807, 2.05) is 43.3 Å². The lowest BCUT2D eigenvalue weighted by molar-refractivity contribution is -0.117. The van der Waals surface area contributed by atoms with Gasteiger partial charge in [0.05, 0.1) is 12.8 Å². The third-order valence-electron chi connectivity index (χ3n) is 4.65. The number of fused-ring (bicyclic) bond motifs is 1. The van der Waals surface area contributed by atoms with E-state index in [4.69, 9.17) is 9.15 Å². The number of para-hydroxylation sites is 1. The molecule has 1 aliphatic rings. The molecule has 0 radical (unpaired) electrons. The van der Waals surface area contributed by atoms with E-state index in [0.29, 0.717) is 18.8 Å². The van der Waals surface area contributed by atoms with Crippen LogP contribution in [0.25, 0.3) is 11.3 Å². The lowest BCUT2D eigenvalue weighted by Crippen LogP contribution is -2.26. The number of ether oxygens (including phenoxy) is 1. The highest BCUT2D eigenvalue weighted by Gasteiger charge is 2.22. The van der Waals surface area contributed by atoms with E-state index in [2.05, 4.69) is 16.4 Å². The Morgan fingerprint density at radius 3 is 2.96 bits per heavy atom. The van der Waals surface area contributed by atoms with Gasteiger partial charge in [-0.2, -0.15) is 0 Å². The first-order chi connectivity index (χ1) is 12.7. The topological polar surface area (TPSA) is 64.4 Å². The van der Waals surface area contributed by atoms with Crippen LogP contribution in [0.15, 0.2) is 59.5 Å². The van der Waals surface area contributed by atoms with Crippen molar-refractivity contribution in [2.75, 3.05) is 11.9 Å². The number of aryl methyl sites for hydroxylation is 1. The minimum absolute atomic E-state index is 0.00787. The van der Waals surface area contributed by atoms with Crippen molar-refractivity contribution in [3.63, 3.8) is 0 Å². The summed E-state index contributed by atoms with van der Waals surface area (Å²) in [6, 6.07) is 13.8. The van der Waals surface area contributed by atoms with Gasteiger partial charge in [-0.25, -0.2) is 4.98 Å². The summed E-state index contributed by atoms with van der Waals surface area (Å²) in [7, 11) is 0. The summed E-state index contributed by atoms with van der Waals surface area (Å²) < 4.78 is 11.1. The molecule has 1 unspecified atom stereocenters. The van der Waals surface area contributed by atoms with Gasteiger partial charge in [0.15, 0.2) is 12.2 Å². The molecule has 1 amide bonds. The lowest BCUT2D eigenvalue weighted by Gasteiger charge is -2.24. The fourth-order valence-electron chi connectivity index (χ4n) is 3.30. The molecule has 1 aliphatic heterocycles. The molecule has 1 N–H and O–H groups in total. The molecule has 2 aromatic carbocycles. The first kappa shape index (κ1) is 16.4. The SMILES string of the molecule is Cc1cc(-c2cnco2)ccc1NC(=O)CC1COc2ccccc2C1. The van der Waals surface area contributed by atoms with Crippen molar-refractivity contribution < 1.29 is 13.9 Å². The number of hydrogen-bond donors (Lipinski definition) is 1. The summed E-state index contributed by atoms with van der Waals surface area (Å²) in [6.07, 6.45) is 4.39. The largest absolute Gasteiger partial charge is 0.493 e. The Bertz CT molecular complexity index is 919. The Balaban J connectivity index is 1.39. The van der Waals surface area contributed by atoms with Crippen LogP contribution in [0, 0.1) is 12.8 Å². The molecule has 0 saturated heterocycles. The molecule has 0 aliphatic carbocycles. The molecule has 5 nitrogen and oxygen atoms in total. The quantitative estimate of drug-likeness (QED) is 0.766. The second kappa shape index (κ2) is 7.04. The van der Waals surface area contributed by atoms with Crippen LogP contribution in [0.1, 0.15) is 17.5 Å². The number of amides is 1. The van der Waals surface area contributed by atoms with Gasteiger partial charge in [-0.15, -0.1) is 0 Å². The van der Waals surface area contributed by atoms with Gasteiger partial charge < -0.3 is 14.5 Å². The van der Waals surface area contributed by atoms with Gasteiger partial charge in [0, 0.05) is 23.6 Å². The number of rotatable bonds is 4. The first-order valence-electron chi connectivity index (χ1n) is 8.69. The van der Waals surface area contributed by atoms with Crippen molar-refractivity contribution in [2.24, 2.45) is 5.92 Å². The molecule has 3 aromatic rings. The number of anilines is 1. The Hall–Kier alpha value is -3.08. The number of aromatic nitrogens is 1. The molecule has 1 atom stereocenters. The minimum atomic E-state index is 0.00787. The number of benzene rings is 2. The van der Waals surface area contributed by atoms with Crippen molar-refractivity contribution in [3.8, 4) is 17.1 Å². The van der Waals surface area contributed by atoms with Gasteiger partial charge in [0.1, 0.15) is 5.75 Å². The van der Waals surface area contributed by atoms with E-state index in [0.717, 1.165) is 29.0 Å². The highest BCUT2D eigenvalue weighted by molar-refractivity contribution is 5.92. The van der Waals surface area contributed by atoms with E-state index < -0.39 is 0 Å². The van der Waals surface area contributed by atoms with Crippen molar-refractivity contribution in [1.82, 2.24) is 4.98 Å². The lowest BCUT2D eigenvalue weighted by atomic mass is 9.93. The summed E-state index contributed by atoms with van der Waals surface area (Å²) in [4.78, 5) is 16.4.